The monoisotopic (exact) mass is 433 g/mol. The summed E-state index contributed by atoms with van der Waals surface area (Å²) in [6.45, 7) is -2.99. The molecule has 31 heavy (non-hydrogen) atoms. The maximum atomic E-state index is 12.2. The molecule has 1 atom stereocenters. The molecule has 2 aromatic rings. The van der Waals surface area contributed by atoms with Crippen LogP contribution in [0, 0.1) is 0 Å². The molecule has 1 aliphatic rings. The molecule has 0 saturated heterocycles. The molecular weight excluding hydrogens is 404 g/mol. The van der Waals surface area contributed by atoms with Crippen molar-refractivity contribution in [3.63, 3.8) is 0 Å². The van der Waals surface area contributed by atoms with Gasteiger partial charge in [0.25, 0.3) is 0 Å². The van der Waals surface area contributed by atoms with Crippen molar-refractivity contribution in [2.24, 2.45) is 0 Å². The van der Waals surface area contributed by atoms with Crippen molar-refractivity contribution in [3.05, 3.63) is 47.0 Å². The van der Waals surface area contributed by atoms with E-state index < -0.39 is 18.6 Å². The number of carbonyl (C=O) groups is 1. The summed E-state index contributed by atoms with van der Waals surface area (Å²) in [5.41, 5.74) is 4.46. The number of carboxylic acids is 1. The Hall–Kier alpha value is -2.64. The van der Waals surface area contributed by atoms with Crippen molar-refractivity contribution in [2.75, 3.05) is 0 Å². The van der Waals surface area contributed by atoms with Crippen molar-refractivity contribution in [2.45, 2.75) is 83.2 Å². The van der Waals surface area contributed by atoms with Gasteiger partial charge in [-0.2, -0.15) is 8.78 Å². The first-order valence-electron chi connectivity index (χ1n) is 11.0. The van der Waals surface area contributed by atoms with Crippen LogP contribution in [0.1, 0.15) is 79.8 Å². The summed E-state index contributed by atoms with van der Waals surface area (Å²) in [6, 6.07) is 3.96. The molecule has 1 N–H and O–H groups in total. The summed E-state index contributed by atoms with van der Waals surface area (Å²) in [5, 5.41) is 9.20. The van der Waals surface area contributed by atoms with E-state index in [0.717, 1.165) is 50.6 Å². The van der Waals surface area contributed by atoms with Crippen molar-refractivity contribution >= 4 is 5.97 Å². The Morgan fingerprint density at radius 1 is 1.06 bits per heavy atom. The van der Waals surface area contributed by atoms with E-state index in [4.69, 9.17) is 4.98 Å². The Morgan fingerprint density at radius 3 is 2.55 bits per heavy atom. The quantitative estimate of drug-likeness (QED) is 0.469. The van der Waals surface area contributed by atoms with Crippen LogP contribution in [-0.2, 0) is 24.1 Å². The van der Waals surface area contributed by atoms with Crippen molar-refractivity contribution in [1.82, 2.24) is 15.0 Å². The van der Waals surface area contributed by atoms with Gasteiger partial charge in [-0.25, -0.2) is 9.97 Å². The number of hydrogen-bond acceptors (Lipinski definition) is 5. The first kappa shape index (κ1) is 23.0. The zero-order valence-corrected chi connectivity index (χ0v) is 17.6. The predicted octanol–water partition coefficient (Wildman–Crippen LogP) is 5.10. The largest absolute Gasteiger partial charge is 0.481 e. The third-order valence-corrected chi connectivity index (χ3v) is 5.71. The molecule has 8 heteroatoms. The molecule has 0 spiro atoms. The second-order valence-electron chi connectivity index (χ2n) is 8.04. The lowest BCUT2D eigenvalue weighted by molar-refractivity contribution is -0.137. The van der Waals surface area contributed by atoms with E-state index in [-0.39, 0.29) is 12.3 Å². The zero-order valence-electron chi connectivity index (χ0n) is 17.6. The summed E-state index contributed by atoms with van der Waals surface area (Å²) in [7, 11) is 0. The second-order valence-corrected chi connectivity index (χ2v) is 8.04. The van der Waals surface area contributed by atoms with Gasteiger partial charge in [0.2, 0.25) is 0 Å². The zero-order chi connectivity index (χ0) is 22.1. The van der Waals surface area contributed by atoms with Crippen LogP contribution in [-0.4, -0.2) is 32.6 Å². The maximum absolute atomic E-state index is 12.2. The smallest absolute Gasteiger partial charge is 0.389 e. The number of rotatable bonds is 12. The number of aliphatic carboxylic acids is 1. The average Bonchev–Trinajstić information content (AvgIpc) is 2.75. The summed E-state index contributed by atoms with van der Waals surface area (Å²) in [4.78, 5) is 23.5. The fraction of sp³-hybridized carbons (Fsp3) is 0.565. The minimum Gasteiger partial charge on any atom is -0.481 e. The lowest BCUT2D eigenvalue weighted by atomic mass is 9.92. The molecule has 1 unspecified atom stereocenters. The molecule has 0 amide bonds. The molecular formula is C23H29F2N3O3. The highest BCUT2D eigenvalue weighted by atomic mass is 19.3. The highest BCUT2D eigenvalue weighted by molar-refractivity contribution is 5.68. The molecule has 0 aliphatic heterocycles. The van der Waals surface area contributed by atoms with Gasteiger partial charge in [0.1, 0.15) is 0 Å². The van der Waals surface area contributed by atoms with Crippen LogP contribution in [0.2, 0.25) is 0 Å². The van der Waals surface area contributed by atoms with Crippen LogP contribution in [0.25, 0.3) is 0 Å². The standard InChI is InChI=1S/C23H29F2N3O3/c24-22(25)31-23-26-14-18(15-27-23)17(13-21(29)30)8-3-1-2-4-9-19-12-11-16-7-5-6-10-20(16)28-19/h11-12,14-15,17,22H,1-10,13H2,(H,29,30). The number of carboxylic acid groups (broad SMARTS) is 1. The highest BCUT2D eigenvalue weighted by Crippen LogP contribution is 2.26. The molecule has 0 fully saturated rings. The van der Waals surface area contributed by atoms with Crippen LogP contribution in [0.5, 0.6) is 6.01 Å². The van der Waals surface area contributed by atoms with Crippen LogP contribution in [0.4, 0.5) is 8.78 Å². The minimum atomic E-state index is -2.99. The molecule has 6 nitrogen and oxygen atoms in total. The summed E-state index contributed by atoms with van der Waals surface area (Å²) in [6.07, 6.45) is 13.1. The molecule has 2 aromatic heterocycles. The number of ether oxygens (including phenoxy) is 1. The Morgan fingerprint density at radius 2 is 1.81 bits per heavy atom. The predicted molar refractivity (Wildman–Crippen MR) is 111 cm³/mol. The molecule has 0 aromatic carbocycles. The molecule has 168 valence electrons. The molecule has 0 radical (unpaired) electrons. The summed E-state index contributed by atoms with van der Waals surface area (Å²) >= 11 is 0. The van der Waals surface area contributed by atoms with Crippen LogP contribution in [0.3, 0.4) is 0 Å². The first-order valence-corrected chi connectivity index (χ1v) is 11.0. The van der Waals surface area contributed by atoms with E-state index in [1.54, 1.807) is 0 Å². The van der Waals surface area contributed by atoms with Gasteiger partial charge in [-0.1, -0.05) is 25.3 Å². The summed E-state index contributed by atoms with van der Waals surface area (Å²) in [5.74, 6) is -1.16. The topological polar surface area (TPSA) is 85.2 Å². The number of pyridine rings is 1. The van der Waals surface area contributed by atoms with Gasteiger partial charge in [0.15, 0.2) is 0 Å². The van der Waals surface area contributed by atoms with E-state index in [2.05, 4.69) is 26.8 Å². The van der Waals surface area contributed by atoms with Crippen LogP contribution >= 0.6 is 0 Å². The lowest BCUT2D eigenvalue weighted by Gasteiger charge is -2.16. The number of hydrogen-bond donors (Lipinski definition) is 1. The normalized spacial score (nSPS) is 14.3. The molecule has 0 bridgehead atoms. The fourth-order valence-electron chi connectivity index (χ4n) is 4.09. The number of nitrogens with zero attached hydrogens (tertiary/aromatic N) is 3. The number of halogens is 2. The minimum absolute atomic E-state index is 0.0442. The number of aromatic nitrogens is 3. The Labute approximate surface area is 181 Å². The number of unbranched alkanes of at least 4 members (excludes halogenated alkanes) is 3. The number of alkyl halides is 2. The van der Waals surface area contributed by atoms with E-state index in [0.29, 0.717) is 12.0 Å². The first-order chi connectivity index (χ1) is 15.0. The number of aryl methyl sites for hydroxylation is 3. The van der Waals surface area contributed by atoms with Gasteiger partial charge in [-0.15, -0.1) is 0 Å². The summed E-state index contributed by atoms with van der Waals surface area (Å²) < 4.78 is 28.6. The van der Waals surface area contributed by atoms with Gasteiger partial charge >= 0.3 is 18.6 Å². The number of fused-ring (bicyclic) bond motifs is 1. The maximum Gasteiger partial charge on any atom is 0.389 e. The Bertz CT molecular complexity index is 846. The third-order valence-electron chi connectivity index (χ3n) is 5.71. The molecule has 0 saturated carbocycles. The van der Waals surface area contributed by atoms with Crippen LogP contribution in [0.15, 0.2) is 24.5 Å². The Balaban J connectivity index is 1.42. The molecule has 1 aliphatic carbocycles. The van der Waals surface area contributed by atoms with Crippen molar-refractivity contribution < 1.29 is 23.4 Å². The van der Waals surface area contributed by atoms with E-state index in [1.807, 2.05) is 0 Å². The lowest BCUT2D eigenvalue weighted by Crippen LogP contribution is -2.09. The van der Waals surface area contributed by atoms with Crippen LogP contribution < -0.4 is 4.74 Å². The fourth-order valence-corrected chi connectivity index (χ4v) is 4.09. The molecule has 3 rings (SSSR count). The van der Waals surface area contributed by atoms with E-state index >= 15 is 0 Å². The van der Waals surface area contributed by atoms with Gasteiger partial charge in [-0.05, 0) is 68.1 Å². The SMILES string of the molecule is O=C(O)CC(CCCCCCc1ccc2c(n1)CCCC2)c1cnc(OC(F)F)nc1. The van der Waals surface area contributed by atoms with Gasteiger partial charge in [0.05, 0.1) is 6.42 Å². The Kier molecular flexibility index (Phi) is 8.67. The van der Waals surface area contributed by atoms with Gasteiger partial charge in [0, 0.05) is 23.8 Å². The highest BCUT2D eigenvalue weighted by Gasteiger charge is 2.17. The van der Waals surface area contributed by atoms with E-state index in [9.17, 15) is 18.7 Å². The van der Waals surface area contributed by atoms with Gasteiger partial charge in [-0.3, -0.25) is 9.78 Å². The van der Waals surface area contributed by atoms with Gasteiger partial charge < -0.3 is 9.84 Å². The van der Waals surface area contributed by atoms with Crippen molar-refractivity contribution in [1.29, 1.82) is 0 Å². The van der Waals surface area contributed by atoms with Crippen molar-refractivity contribution in [3.8, 4) is 6.01 Å². The van der Waals surface area contributed by atoms with E-state index in [1.165, 1.54) is 36.5 Å². The second kappa shape index (κ2) is 11.7. The average molecular weight is 433 g/mol. The third kappa shape index (κ3) is 7.52. The molecule has 2 heterocycles.